The zero-order valence-electron chi connectivity index (χ0n) is 8.43. The van der Waals surface area contributed by atoms with Crippen molar-refractivity contribution in [3.05, 3.63) is 22.7 Å². The molecular weight excluding hydrogens is 264 g/mol. The molecule has 0 amide bonds. The summed E-state index contributed by atoms with van der Waals surface area (Å²) in [7, 11) is 0. The molecule has 3 heteroatoms. The van der Waals surface area contributed by atoms with E-state index < -0.39 is 0 Å². The van der Waals surface area contributed by atoms with Gasteiger partial charge in [-0.3, -0.25) is 0 Å². The molecule has 0 bridgehead atoms. The van der Waals surface area contributed by atoms with Crippen molar-refractivity contribution >= 4 is 39.5 Å². The molecular formula is C10H15BrS2. The Morgan fingerprint density at radius 2 is 1.31 bits per heavy atom. The summed E-state index contributed by atoms with van der Waals surface area (Å²) in [5, 5.41) is 0. The van der Waals surface area contributed by atoms with Gasteiger partial charge in [0.15, 0.2) is 0 Å². The van der Waals surface area contributed by atoms with Crippen LogP contribution in [0.15, 0.2) is 32.5 Å². The van der Waals surface area contributed by atoms with E-state index in [1.54, 1.807) is 23.5 Å². The van der Waals surface area contributed by atoms with Gasteiger partial charge in [-0.25, -0.2) is 0 Å². The van der Waals surface area contributed by atoms with E-state index in [0.717, 1.165) is 4.47 Å². The zero-order valence-corrected chi connectivity index (χ0v) is 11.6. The molecule has 0 aromatic heterocycles. The first-order valence-electron chi connectivity index (χ1n) is 4.15. The molecule has 0 aliphatic heterocycles. The molecule has 0 spiro atoms. The van der Waals surface area contributed by atoms with Crippen molar-refractivity contribution in [1.82, 2.24) is 0 Å². The summed E-state index contributed by atoms with van der Waals surface area (Å²) >= 11 is 7.01. The number of benzene rings is 1. The molecule has 1 rings (SSSR count). The first-order valence-corrected chi connectivity index (χ1v) is 7.39. The Kier molecular flexibility index (Phi) is 8.01. The van der Waals surface area contributed by atoms with Gasteiger partial charge in [0.25, 0.3) is 0 Å². The molecule has 0 heterocycles. The minimum Gasteiger partial charge on any atom is -0.130 e. The first kappa shape index (κ1) is 13.4. The average molecular weight is 279 g/mol. The quantitative estimate of drug-likeness (QED) is 0.705. The molecule has 0 aliphatic carbocycles. The predicted molar refractivity (Wildman–Crippen MR) is 69.1 cm³/mol. The van der Waals surface area contributed by atoms with Gasteiger partial charge in [0.05, 0.1) is 0 Å². The van der Waals surface area contributed by atoms with Crippen molar-refractivity contribution in [2.45, 2.75) is 23.6 Å². The summed E-state index contributed by atoms with van der Waals surface area (Å²) in [6.07, 6.45) is 4.18. The van der Waals surface area contributed by atoms with Crippen LogP contribution in [0.25, 0.3) is 0 Å². The molecule has 0 atom stereocenters. The van der Waals surface area contributed by atoms with Gasteiger partial charge in [-0.05, 0) is 30.7 Å². The van der Waals surface area contributed by atoms with Crippen molar-refractivity contribution in [2.75, 3.05) is 12.5 Å². The lowest BCUT2D eigenvalue weighted by atomic mass is 10.4. The molecule has 1 aromatic rings. The van der Waals surface area contributed by atoms with E-state index in [2.05, 4.69) is 46.6 Å². The van der Waals surface area contributed by atoms with Gasteiger partial charge in [0, 0.05) is 14.3 Å². The predicted octanol–water partition coefficient (Wildman–Crippen LogP) is 4.92. The third kappa shape index (κ3) is 4.99. The summed E-state index contributed by atoms with van der Waals surface area (Å²) in [5.74, 6) is 0. The van der Waals surface area contributed by atoms with Crippen molar-refractivity contribution in [2.24, 2.45) is 0 Å². The van der Waals surface area contributed by atoms with Crippen molar-refractivity contribution in [3.63, 3.8) is 0 Å². The van der Waals surface area contributed by atoms with Crippen LogP contribution in [0.4, 0.5) is 0 Å². The Hall–Kier alpha value is 0.400. The van der Waals surface area contributed by atoms with Crippen molar-refractivity contribution in [1.29, 1.82) is 0 Å². The Labute approximate surface area is 98.0 Å². The van der Waals surface area contributed by atoms with Gasteiger partial charge < -0.3 is 0 Å². The summed E-state index contributed by atoms with van der Waals surface area (Å²) in [6, 6.07) is 6.45. The highest BCUT2D eigenvalue weighted by atomic mass is 79.9. The maximum absolute atomic E-state index is 3.47. The minimum absolute atomic E-state index is 1.16. The number of hydrogen-bond donors (Lipinski definition) is 0. The van der Waals surface area contributed by atoms with E-state index >= 15 is 0 Å². The van der Waals surface area contributed by atoms with Crippen LogP contribution in [-0.4, -0.2) is 12.5 Å². The topological polar surface area (TPSA) is 0 Å². The second-order valence-electron chi connectivity index (χ2n) is 2.03. The smallest absolute Gasteiger partial charge is 0.0197 e. The van der Waals surface area contributed by atoms with Crippen LogP contribution in [0.3, 0.4) is 0 Å². The SMILES string of the molecule is CC.CSc1cc(Br)cc(SC)c1. The van der Waals surface area contributed by atoms with E-state index in [1.807, 2.05) is 13.8 Å². The lowest BCUT2D eigenvalue weighted by Crippen LogP contribution is -1.74. The van der Waals surface area contributed by atoms with Crippen molar-refractivity contribution in [3.8, 4) is 0 Å². The third-order valence-electron chi connectivity index (χ3n) is 1.32. The van der Waals surface area contributed by atoms with Gasteiger partial charge in [0.1, 0.15) is 0 Å². The molecule has 0 saturated heterocycles. The fourth-order valence-corrected chi connectivity index (χ4v) is 2.62. The van der Waals surface area contributed by atoms with E-state index in [1.165, 1.54) is 9.79 Å². The average Bonchev–Trinajstić information content (AvgIpc) is 2.20. The number of rotatable bonds is 2. The fourth-order valence-electron chi connectivity index (χ4n) is 0.773. The first-order chi connectivity index (χ1) is 6.26. The molecule has 0 unspecified atom stereocenters. The number of halogens is 1. The molecule has 0 N–H and O–H groups in total. The van der Waals surface area contributed by atoms with Gasteiger partial charge in [-0.2, -0.15) is 0 Å². The fraction of sp³-hybridized carbons (Fsp3) is 0.400. The summed E-state index contributed by atoms with van der Waals surface area (Å²) in [6.45, 7) is 4.00. The van der Waals surface area contributed by atoms with Gasteiger partial charge in [-0.15, -0.1) is 23.5 Å². The Balaban J connectivity index is 0.000000671. The van der Waals surface area contributed by atoms with Crippen LogP contribution in [0.2, 0.25) is 0 Å². The largest absolute Gasteiger partial charge is 0.130 e. The number of thioether (sulfide) groups is 2. The highest BCUT2D eigenvalue weighted by molar-refractivity contribution is 9.10. The number of hydrogen-bond acceptors (Lipinski definition) is 2. The maximum Gasteiger partial charge on any atom is 0.0197 e. The summed E-state index contributed by atoms with van der Waals surface area (Å²) in [5.41, 5.74) is 0. The lowest BCUT2D eigenvalue weighted by Gasteiger charge is -2.00. The van der Waals surface area contributed by atoms with Gasteiger partial charge in [-0.1, -0.05) is 29.8 Å². The summed E-state index contributed by atoms with van der Waals surface area (Å²) < 4.78 is 1.16. The van der Waals surface area contributed by atoms with Gasteiger partial charge >= 0.3 is 0 Å². The standard InChI is InChI=1S/C8H9BrS2.C2H6/c1-10-7-3-6(9)4-8(5-7)11-2;1-2/h3-5H,1-2H3;1-2H3. The van der Waals surface area contributed by atoms with Crippen LogP contribution >= 0.6 is 39.5 Å². The Morgan fingerprint density at radius 3 is 1.62 bits per heavy atom. The van der Waals surface area contributed by atoms with Gasteiger partial charge in [0.2, 0.25) is 0 Å². The third-order valence-corrected chi connectivity index (χ3v) is 3.19. The minimum atomic E-state index is 1.16. The monoisotopic (exact) mass is 278 g/mol. The molecule has 0 radical (unpaired) electrons. The lowest BCUT2D eigenvalue weighted by molar-refractivity contribution is 1.31. The van der Waals surface area contributed by atoms with Crippen LogP contribution in [0.5, 0.6) is 0 Å². The molecule has 74 valence electrons. The molecule has 1 aromatic carbocycles. The Bertz CT molecular complexity index is 226. The second kappa shape index (κ2) is 7.77. The molecule has 0 fully saturated rings. The maximum atomic E-state index is 3.47. The van der Waals surface area contributed by atoms with Crippen LogP contribution in [-0.2, 0) is 0 Å². The summed E-state index contributed by atoms with van der Waals surface area (Å²) in [4.78, 5) is 2.62. The van der Waals surface area contributed by atoms with Crippen LogP contribution < -0.4 is 0 Å². The van der Waals surface area contributed by atoms with Crippen molar-refractivity contribution < 1.29 is 0 Å². The Morgan fingerprint density at radius 1 is 0.923 bits per heavy atom. The highest BCUT2D eigenvalue weighted by Gasteiger charge is 1.96. The second-order valence-corrected chi connectivity index (χ2v) is 4.71. The van der Waals surface area contributed by atoms with Crippen LogP contribution in [0, 0.1) is 0 Å². The zero-order chi connectivity index (χ0) is 10.3. The normalized spacial score (nSPS) is 9.00. The van der Waals surface area contributed by atoms with Crippen LogP contribution in [0.1, 0.15) is 13.8 Å². The highest BCUT2D eigenvalue weighted by Crippen LogP contribution is 2.26. The van der Waals surface area contributed by atoms with E-state index in [0.29, 0.717) is 0 Å². The molecule has 13 heavy (non-hydrogen) atoms. The molecule has 0 aliphatic rings. The van der Waals surface area contributed by atoms with E-state index in [-0.39, 0.29) is 0 Å². The van der Waals surface area contributed by atoms with E-state index in [9.17, 15) is 0 Å². The van der Waals surface area contributed by atoms with E-state index in [4.69, 9.17) is 0 Å². The molecule has 0 nitrogen and oxygen atoms in total. The molecule has 0 saturated carbocycles.